The van der Waals surface area contributed by atoms with Crippen LogP contribution in [0.4, 0.5) is 11.4 Å². The second-order valence-electron chi connectivity index (χ2n) is 3.60. The highest BCUT2D eigenvalue weighted by atomic mass is 16.6. The van der Waals surface area contributed by atoms with Gasteiger partial charge in [-0.15, -0.1) is 0 Å². The van der Waals surface area contributed by atoms with Crippen LogP contribution in [0.1, 0.15) is 18.9 Å². The van der Waals surface area contributed by atoms with Gasteiger partial charge >= 0.3 is 0 Å². The minimum absolute atomic E-state index is 0.0286. The monoisotopic (exact) mass is 248 g/mol. The highest BCUT2D eigenvalue weighted by molar-refractivity contribution is 5.95. The van der Waals surface area contributed by atoms with Gasteiger partial charge in [-0.2, -0.15) is 5.26 Å². The Hall–Kier alpha value is -2.46. The van der Waals surface area contributed by atoms with Crippen molar-refractivity contribution >= 4 is 17.3 Å². The van der Waals surface area contributed by atoms with Gasteiger partial charge in [0.05, 0.1) is 22.2 Å². The van der Waals surface area contributed by atoms with Crippen LogP contribution in [0.3, 0.4) is 0 Å². The molecule has 18 heavy (non-hydrogen) atoms. The zero-order chi connectivity index (χ0) is 13.7. The van der Waals surface area contributed by atoms with E-state index in [4.69, 9.17) is 11.0 Å². The van der Waals surface area contributed by atoms with Gasteiger partial charge in [0, 0.05) is 12.1 Å². The number of rotatable bonds is 4. The van der Waals surface area contributed by atoms with E-state index in [1.807, 2.05) is 0 Å². The number of nitro benzene ring substituents is 1. The molecular formula is C11H12N4O3. The lowest BCUT2D eigenvalue weighted by Crippen LogP contribution is -2.35. The number of carbonyl (C=O) groups is 1. The molecule has 1 atom stereocenters. The van der Waals surface area contributed by atoms with Gasteiger partial charge in [0.2, 0.25) is 5.91 Å². The summed E-state index contributed by atoms with van der Waals surface area (Å²) in [6.07, 6.45) is 0.459. The van der Waals surface area contributed by atoms with E-state index >= 15 is 0 Å². The fourth-order valence-corrected chi connectivity index (χ4v) is 1.26. The smallest absolute Gasteiger partial charge is 0.270 e. The van der Waals surface area contributed by atoms with E-state index in [2.05, 4.69) is 5.32 Å². The van der Waals surface area contributed by atoms with Gasteiger partial charge in [0.1, 0.15) is 6.07 Å². The molecule has 0 unspecified atom stereocenters. The van der Waals surface area contributed by atoms with Gasteiger partial charge in [0.15, 0.2) is 0 Å². The van der Waals surface area contributed by atoms with Crippen LogP contribution in [0.15, 0.2) is 18.2 Å². The summed E-state index contributed by atoms with van der Waals surface area (Å²) in [6, 6.07) is 4.76. The van der Waals surface area contributed by atoms with Gasteiger partial charge in [-0.3, -0.25) is 14.9 Å². The van der Waals surface area contributed by atoms with Crippen LogP contribution in [-0.2, 0) is 4.79 Å². The second-order valence-corrected chi connectivity index (χ2v) is 3.60. The maximum atomic E-state index is 11.6. The molecular weight excluding hydrogens is 236 g/mol. The highest BCUT2D eigenvalue weighted by Crippen LogP contribution is 2.21. The van der Waals surface area contributed by atoms with Crippen LogP contribution in [0, 0.1) is 21.4 Å². The van der Waals surface area contributed by atoms with Crippen LogP contribution in [-0.4, -0.2) is 16.9 Å². The Morgan fingerprint density at radius 1 is 1.67 bits per heavy atom. The lowest BCUT2D eigenvalue weighted by atomic mass is 10.1. The number of benzene rings is 1. The highest BCUT2D eigenvalue weighted by Gasteiger charge is 2.15. The SMILES string of the molecule is CC[C@H](N)C(=O)Nc1ccc([N+](=O)[O-])cc1C#N. The van der Waals surface area contributed by atoms with Crippen LogP contribution in [0.2, 0.25) is 0 Å². The summed E-state index contributed by atoms with van der Waals surface area (Å²) in [7, 11) is 0. The fourth-order valence-electron chi connectivity index (χ4n) is 1.26. The number of carbonyl (C=O) groups excluding carboxylic acids is 1. The summed E-state index contributed by atoms with van der Waals surface area (Å²) < 4.78 is 0. The van der Waals surface area contributed by atoms with E-state index < -0.39 is 16.9 Å². The number of hydrogen-bond donors (Lipinski definition) is 2. The minimum atomic E-state index is -0.674. The zero-order valence-electron chi connectivity index (χ0n) is 9.71. The third-order valence-electron chi connectivity index (χ3n) is 2.37. The summed E-state index contributed by atoms with van der Waals surface area (Å²) in [6.45, 7) is 1.76. The molecule has 0 aromatic heterocycles. The molecule has 0 aliphatic carbocycles. The number of nitro groups is 1. The molecule has 0 fully saturated rings. The van der Waals surface area contributed by atoms with E-state index in [1.54, 1.807) is 13.0 Å². The number of non-ortho nitro benzene ring substituents is 1. The van der Waals surface area contributed by atoms with E-state index in [-0.39, 0.29) is 16.9 Å². The lowest BCUT2D eigenvalue weighted by Gasteiger charge is -2.10. The molecule has 0 saturated heterocycles. The quantitative estimate of drug-likeness (QED) is 0.611. The molecule has 0 saturated carbocycles. The first-order valence-electron chi connectivity index (χ1n) is 5.24. The summed E-state index contributed by atoms with van der Waals surface area (Å²) in [5.74, 6) is -0.428. The van der Waals surface area contributed by atoms with E-state index in [0.717, 1.165) is 6.07 Å². The Morgan fingerprint density at radius 2 is 2.33 bits per heavy atom. The largest absolute Gasteiger partial charge is 0.324 e. The number of nitriles is 1. The molecule has 7 heteroatoms. The Balaban J connectivity index is 3.01. The summed E-state index contributed by atoms with van der Waals surface area (Å²) in [4.78, 5) is 21.5. The third kappa shape index (κ3) is 3.02. The lowest BCUT2D eigenvalue weighted by molar-refractivity contribution is -0.384. The van der Waals surface area contributed by atoms with E-state index in [1.165, 1.54) is 12.1 Å². The predicted molar refractivity (Wildman–Crippen MR) is 64.7 cm³/mol. The molecule has 1 aromatic rings. The van der Waals surface area contributed by atoms with Gasteiger partial charge in [0.25, 0.3) is 5.69 Å². The number of hydrogen-bond acceptors (Lipinski definition) is 5. The molecule has 7 nitrogen and oxygen atoms in total. The van der Waals surface area contributed by atoms with Crippen molar-refractivity contribution in [1.29, 1.82) is 5.26 Å². The number of nitrogens with zero attached hydrogens (tertiary/aromatic N) is 2. The Bertz CT molecular complexity index is 522. The third-order valence-corrected chi connectivity index (χ3v) is 2.37. The van der Waals surface area contributed by atoms with Crippen molar-refractivity contribution in [3.8, 4) is 6.07 Å². The minimum Gasteiger partial charge on any atom is -0.324 e. The maximum absolute atomic E-state index is 11.6. The second kappa shape index (κ2) is 5.75. The predicted octanol–water partition coefficient (Wildman–Crippen LogP) is 1.14. The van der Waals surface area contributed by atoms with Crippen molar-refractivity contribution in [2.75, 3.05) is 5.32 Å². The Kier molecular flexibility index (Phi) is 4.34. The fraction of sp³-hybridized carbons (Fsp3) is 0.273. The van der Waals surface area contributed by atoms with Crippen LogP contribution in [0.5, 0.6) is 0 Å². The van der Waals surface area contributed by atoms with Gasteiger partial charge in [-0.1, -0.05) is 6.92 Å². The summed E-state index contributed by atoms with van der Waals surface area (Å²) in [5.41, 5.74) is 5.57. The standard InChI is InChI=1S/C11H12N4O3/c1-2-9(13)11(16)14-10-4-3-8(15(17)18)5-7(10)6-12/h3-5,9H,2,13H2,1H3,(H,14,16)/t9-/m0/s1. The van der Waals surface area contributed by atoms with E-state index in [0.29, 0.717) is 6.42 Å². The molecule has 1 amide bonds. The average Bonchev–Trinajstić information content (AvgIpc) is 2.37. The topological polar surface area (TPSA) is 122 Å². The molecule has 0 spiro atoms. The summed E-state index contributed by atoms with van der Waals surface area (Å²) in [5, 5.41) is 21.9. The van der Waals surface area contributed by atoms with Crippen LogP contribution < -0.4 is 11.1 Å². The first kappa shape index (κ1) is 13.6. The number of amides is 1. The summed E-state index contributed by atoms with van der Waals surface area (Å²) >= 11 is 0. The Labute approximate surface area is 103 Å². The molecule has 1 rings (SSSR count). The molecule has 0 heterocycles. The molecule has 0 aliphatic rings. The molecule has 94 valence electrons. The van der Waals surface area contributed by atoms with Crippen molar-refractivity contribution in [2.45, 2.75) is 19.4 Å². The van der Waals surface area contributed by atoms with Gasteiger partial charge < -0.3 is 11.1 Å². The number of anilines is 1. The van der Waals surface area contributed by atoms with Gasteiger partial charge in [-0.25, -0.2) is 0 Å². The van der Waals surface area contributed by atoms with Crippen molar-refractivity contribution in [2.24, 2.45) is 5.73 Å². The maximum Gasteiger partial charge on any atom is 0.270 e. The average molecular weight is 248 g/mol. The van der Waals surface area contributed by atoms with E-state index in [9.17, 15) is 14.9 Å². The normalized spacial score (nSPS) is 11.4. The molecule has 0 bridgehead atoms. The van der Waals surface area contributed by atoms with Crippen LogP contribution in [0.25, 0.3) is 0 Å². The van der Waals surface area contributed by atoms with Crippen molar-refractivity contribution in [1.82, 2.24) is 0 Å². The van der Waals surface area contributed by atoms with Crippen LogP contribution >= 0.6 is 0 Å². The first-order chi connectivity index (χ1) is 8.49. The molecule has 0 radical (unpaired) electrons. The Morgan fingerprint density at radius 3 is 2.83 bits per heavy atom. The number of nitrogens with two attached hydrogens (primary N) is 1. The van der Waals surface area contributed by atoms with Gasteiger partial charge in [-0.05, 0) is 12.5 Å². The molecule has 0 aliphatic heterocycles. The number of nitrogens with one attached hydrogen (secondary N) is 1. The molecule has 3 N–H and O–H groups in total. The molecule has 1 aromatic carbocycles. The van der Waals surface area contributed by atoms with Crippen molar-refractivity contribution < 1.29 is 9.72 Å². The van der Waals surface area contributed by atoms with Crippen molar-refractivity contribution in [3.05, 3.63) is 33.9 Å². The first-order valence-corrected chi connectivity index (χ1v) is 5.24. The zero-order valence-corrected chi connectivity index (χ0v) is 9.71. The van der Waals surface area contributed by atoms with Crippen molar-refractivity contribution in [3.63, 3.8) is 0 Å².